The van der Waals surface area contributed by atoms with Gasteiger partial charge in [-0.3, -0.25) is 0 Å². The summed E-state index contributed by atoms with van der Waals surface area (Å²) in [4.78, 5) is 13.7. The van der Waals surface area contributed by atoms with Crippen molar-refractivity contribution in [2.24, 2.45) is 0 Å². The highest BCUT2D eigenvalue weighted by Crippen LogP contribution is 2.09. The molecule has 0 aliphatic heterocycles. The molecule has 0 heterocycles. The van der Waals surface area contributed by atoms with E-state index in [1.165, 1.54) is 20.0 Å². The van der Waals surface area contributed by atoms with E-state index < -0.39 is 0 Å². The molecule has 0 unspecified atom stereocenters. The molecule has 0 amide bonds. The van der Waals surface area contributed by atoms with Crippen LogP contribution in [0.1, 0.15) is 35.7 Å². The zero-order chi connectivity index (χ0) is 12.7. The summed E-state index contributed by atoms with van der Waals surface area (Å²) >= 11 is 0. The van der Waals surface area contributed by atoms with Crippen LogP contribution in [0.25, 0.3) is 0 Å². The third-order valence-corrected chi connectivity index (χ3v) is 2.69. The van der Waals surface area contributed by atoms with E-state index in [4.69, 9.17) is 4.74 Å². The summed E-state index contributed by atoms with van der Waals surface area (Å²) in [5.74, 6) is -0.275. The number of esters is 1. The van der Waals surface area contributed by atoms with Crippen LogP contribution < -0.4 is 0 Å². The lowest BCUT2D eigenvalue weighted by Crippen LogP contribution is -2.19. The van der Waals surface area contributed by atoms with Crippen LogP contribution in [0.3, 0.4) is 0 Å². The van der Waals surface area contributed by atoms with Crippen LogP contribution >= 0.6 is 0 Å². The molecule has 0 saturated carbocycles. The number of hydrogen-bond acceptors (Lipinski definition) is 3. The van der Waals surface area contributed by atoms with Gasteiger partial charge in [-0.15, -0.1) is 0 Å². The lowest BCUT2D eigenvalue weighted by atomic mass is 10.1. The second-order valence-corrected chi connectivity index (χ2v) is 4.28. The van der Waals surface area contributed by atoms with Crippen LogP contribution in [0, 0.1) is 0 Å². The van der Waals surface area contributed by atoms with Gasteiger partial charge in [0.05, 0.1) is 12.7 Å². The summed E-state index contributed by atoms with van der Waals surface area (Å²) in [6.45, 7) is 4.13. The SMILES string of the molecule is CCCCN(C)Cc1cccc(C(=O)OC)c1. The van der Waals surface area contributed by atoms with Gasteiger partial charge in [-0.1, -0.05) is 25.5 Å². The summed E-state index contributed by atoms with van der Waals surface area (Å²) < 4.78 is 4.71. The van der Waals surface area contributed by atoms with Crippen molar-refractivity contribution >= 4 is 5.97 Å². The third kappa shape index (κ3) is 4.57. The van der Waals surface area contributed by atoms with E-state index in [0.29, 0.717) is 5.56 Å². The number of carbonyl (C=O) groups excluding carboxylic acids is 1. The molecule has 1 rings (SSSR count). The van der Waals surface area contributed by atoms with Crippen LogP contribution in [0.2, 0.25) is 0 Å². The van der Waals surface area contributed by atoms with Crippen molar-refractivity contribution in [1.29, 1.82) is 0 Å². The predicted octanol–water partition coefficient (Wildman–Crippen LogP) is 2.71. The molecule has 94 valence electrons. The number of ether oxygens (including phenoxy) is 1. The number of nitrogens with zero attached hydrogens (tertiary/aromatic N) is 1. The molecule has 1 aromatic carbocycles. The van der Waals surface area contributed by atoms with Gasteiger partial charge in [0.15, 0.2) is 0 Å². The molecule has 0 aromatic heterocycles. The third-order valence-electron chi connectivity index (χ3n) is 2.69. The fourth-order valence-electron chi connectivity index (χ4n) is 1.73. The van der Waals surface area contributed by atoms with Gasteiger partial charge >= 0.3 is 5.97 Å². The van der Waals surface area contributed by atoms with Gasteiger partial charge in [0.25, 0.3) is 0 Å². The van der Waals surface area contributed by atoms with Gasteiger partial charge in [0.1, 0.15) is 0 Å². The Morgan fingerprint density at radius 2 is 2.18 bits per heavy atom. The van der Waals surface area contributed by atoms with Crippen molar-refractivity contribution in [3.8, 4) is 0 Å². The molecule has 0 fully saturated rings. The van der Waals surface area contributed by atoms with Crippen molar-refractivity contribution in [3.05, 3.63) is 35.4 Å². The summed E-state index contributed by atoms with van der Waals surface area (Å²) in [6.07, 6.45) is 2.40. The molecule has 3 nitrogen and oxygen atoms in total. The lowest BCUT2D eigenvalue weighted by molar-refractivity contribution is 0.0600. The number of unbranched alkanes of at least 4 members (excludes halogenated alkanes) is 1. The smallest absolute Gasteiger partial charge is 0.337 e. The highest BCUT2D eigenvalue weighted by Gasteiger charge is 2.06. The maximum absolute atomic E-state index is 11.4. The van der Waals surface area contributed by atoms with E-state index in [9.17, 15) is 4.79 Å². The van der Waals surface area contributed by atoms with Crippen molar-refractivity contribution < 1.29 is 9.53 Å². The monoisotopic (exact) mass is 235 g/mol. The molecule has 17 heavy (non-hydrogen) atoms. The molecule has 3 heteroatoms. The second-order valence-electron chi connectivity index (χ2n) is 4.28. The fraction of sp³-hybridized carbons (Fsp3) is 0.500. The number of methoxy groups -OCH3 is 1. The molecule has 0 radical (unpaired) electrons. The van der Waals surface area contributed by atoms with E-state index in [2.05, 4.69) is 18.9 Å². The van der Waals surface area contributed by atoms with E-state index in [1.807, 2.05) is 18.2 Å². The molecule has 0 N–H and O–H groups in total. The minimum Gasteiger partial charge on any atom is -0.465 e. The Morgan fingerprint density at radius 1 is 1.41 bits per heavy atom. The predicted molar refractivity (Wildman–Crippen MR) is 69.0 cm³/mol. The molecule has 0 bridgehead atoms. The summed E-state index contributed by atoms with van der Waals surface area (Å²) in [5.41, 5.74) is 1.76. The second kappa shape index (κ2) is 7.07. The van der Waals surface area contributed by atoms with E-state index in [0.717, 1.165) is 18.7 Å². The quantitative estimate of drug-likeness (QED) is 0.710. The number of rotatable bonds is 6. The zero-order valence-corrected chi connectivity index (χ0v) is 10.9. The molecule has 1 aromatic rings. The molecular weight excluding hydrogens is 214 g/mol. The van der Waals surface area contributed by atoms with Crippen LogP contribution in [-0.2, 0) is 11.3 Å². The Bertz CT molecular complexity index is 363. The Morgan fingerprint density at radius 3 is 2.82 bits per heavy atom. The highest BCUT2D eigenvalue weighted by molar-refractivity contribution is 5.89. The van der Waals surface area contributed by atoms with Crippen molar-refractivity contribution in [2.45, 2.75) is 26.3 Å². The van der Waals surface area contributed by atoms with Gasteiger partial charge in [0.2, 0.25) is 0 Å². The van der Waals surface area contributed by atoms with Gasteiger partial charge in [-0.25, -0.2) is 4.79 Å². The first-order valence-corrected chi connectivity index (χ1v) is 6.03. The topological polar surface area (TPSA) is 29.5 Å². The van der Waals surface area contributed by atoms with Gasteiger partial charge in [-0.2, -0.15) is 0 Å². The normalized spacial score (nSPS) is 10.6. The number of benzene rings is 1. The first-order chi connectivity index (χ1) is 8.17. The molecular formula is C14H21NO2. The highest BCUT2D eigenvalue weighted by atomic mass is 16.5. The van der Waals surface area contributed by atoms with Gasteiger partial charge in [0, 0.05) is 6.54 Å². The summed E-state index contributed by atoms with van der Waals surface area (Å²) in [7, 11) is 3.50. The average Bonchev–Trinajstić information content (AvgIpc) is 2.35. The van der Waals surface area contributed by atoms with Crippen molar-refractivity contribution in [3.63, 3.8) is 0 Å². The van der Waals surface area contributed by atoms with Gasteiger partial charge < -0.3 is 9.64 Å². The molecule has 0 saturated heterocycles. The Labute approximate surface area is 103 Å². The number of hydrogen-bond donors (Lipinski definition) is 0. The average molecular weight is 235 g/mol. The van der Waals surface area contributed by atoms with E-state index in [1.54, 1.807) is 6.07 Å². The molecule has 0 aliphatic rings. The maximum Gasteiger partial charge on any atom is 0.337 e. The fourth-order valence-corrected chi connectivity index (χ4v) is 1.73. The minimum absolute atomic E-state index is 0.275. The van der Waals surface area contributed by atoms with Crippen molar-refractivity contribution in [2.75, 3.05) is 20.7 Å². The zero-order valence-electron chi connectivity index (χ0n) is 10.9. The van der Waals surface area contributed by atoms with E-state index >= 15 is 0 Å². The Balaban J connectivity index is 2.62. The summed E-state index contributed by atoms with van der Waals surface area (Å²) in [6, 6.07) is 7.61. The largest absolute Gasteiger partial charge is 0.465 e. The maximum atomic E-state index is 11.4. The van der Waals surface area contributed by atoms with Crippen LogP contribution in [0.5, 0.6) is 0 Å². The summed E-state index contributed by atoms with van der Waals surface area (Å²) in [5, 5.41) is 0. The minimum atomic E-state index is -0.275. The first kappa shape index (κ1) is 13.7. The lowest BCUT2D eigenvalue weighted by Gasteiger charge is -2.16. The van der Waals surface area contributed by atoms with Crippen molar-refractivity contribution in [1.82, 2.24) is 4.90 Å². The van der Waals surface area contributed by atoms with Crippen LogP contribution in [0.4, 0.5) is 0 Å². The number of carbonyl (C=O) groups is 1. The standard InChI is InChI=1S/C14H21NO2/c1-4-5-9-15(2)11-12-7-6-8-13(10-12)14(16)17-3/h6-8,10H,4-5,9,11H2,1-3H3. The molecule has 0 spiro atoms. The molecule has 0 atom stereocenters. The molecule has 0 aliphatic carbocycles. The Kier molecular flexibility index (Phi) is 5.70. The van der Waals surface area contributed by atoms with Crippen LogP contribution in [0.15, 0.2) is 24.3 Å². The Hall–Kier alpha value is -1.35. The first-order valence-electron chi connectivity index (χ1n) is 6.03. The van der Waals surface area contributed by atoms with Crippen LogP contribution in [-0.4, -0.2) is 31.6 Å². The van der Waals surface area contributed by atoms with Gasteiger partial charge in [-0.05, 0) is 37.7 Å². The van der Waals surface area contributed by atoms with E-state index in [-0.39, 0.29) is 5.97 Å².